The molecule has 0 saturated carbocycles. The molecule has 53 heavy (non-hydrogen) atoms. The van der Waals surface area contributed by atoms with Gasteiger partial charge in [-0.2, -0.15) is 23.5 Å². The first kappa shape index (κ1) is 56.4. The first-order chi connectivity index (χ1) is 25.2. The third-order valence-electron chi connectivity index (χ3n) is 9.48. The molecule has 0 bridgehead atoms. The van der Waals surface area contributed by atoms with E-state index in [0.717, 1.165) is 25.7 Å². The van der Waals surface area contributed by atoms with Crippen LogP contribution in [-0.4, -0.2) is 59.9 Å². The zero-order valence-electron chi connectivity index (χ0n) is 34.4. The Balaban J connectivity index is -0.000000926. The van der Waals surface area contributed by atoms with Crippen LogP contribution in [-0.2, 0) is 36.0 Å². The van der Waals surface area contributed by atoms with Crippen LogP contribution in [0.15, 0.2) is 0 Å². The molecule has 0 fully saturated rings. The summed E-state index contributed by atoms with van der Waals surface area (Å²) in [6.07, 6.45) is 38.6. The molecule has 0 aliphatic rings. The molecule has 1 radical (unpaired) electrons. The number of hydrogen-bond donors (Lipinski definition) is 2. The number of thioether (sulfide) groups is 2. The van der Waals surface area contributed by atoms with Crippen molar-refractivity contribution in [2.75, 3.05) is 24.0 Å². The number of aliphatic carboxylic acids is 2. The molecule has 0 aromatic heterocycles. The number of carbonyl (C=O) groups is 4. The smallest absolute Gasteiger partial charge is 0.548 e. The molecule has 2 amide bonds. The van der Waals surface area contributed by atoms with Gasteiger partial charge in [0.1, 0.15) is 0 Å². The molecule has 2 atom stereocenters. The van der Waals surface area contributed by atoms with Gasteiger partial charge in [0.25, 0.3) is 0 Å². The predicted molar refractivity (Wildman–Crippen MR) is 220 cm³/mol. The molecule has 0 aromatic carbocycles. The van der Waals surface area contributed by atoms with Crippen LogP contribution < -0.4 is 20.8 Å². The van der Waals surface area contributed by atoms with E-state index in [9.17, 15) is 29.4 Å². The summed E-state index contributed by atoms with van der Waals surface area (Å²) < 4.78 is 0. The van der Waals surface area contributed by atoms with E-state index in [4.69, 9.17) is 0 Å². The van der Waals surface area contributed by atoms with Crippen molar-refractivity contribution in [3.8, 4) is 0 Å². The number of amides is 2. The molecule has 0 rings (SSSR count). The second-order valence-corrected chi connectivity index (χ2v) is 16.4. The summed E-state index contributed by atoms with van der Waals surface area (Å²) >= 11 is 3.14. The molecule has 8 nitrogen and oxygen atoms in total. The Bertz CT molecular complexity index is 773. The van der Waals surface area contributed by atoms with Gasteiger partial charge in [0, 0.05) is 12.8 Å². The molecule has 0 spiro atoms. The Kier molecular flexibility index (Phi) is 48.4. The Morgan fingerprint density at radius 2 is 0.660 bits per heavy atom. The van der Waals surface area contributed by atoms with E-state index < -0.39 is 24.0 Å². The van der Waals surface area contributed by atoms with E-state index in [-0.39, 0.29) is 28.6 Å². The van der Waals surface area contributed by atoms with Crippen LogP contribution in [0, 0.1) is 0 Å². The summed E-state index contributed by atoms with van der Waals surface area (Å²) in [6.45, 7) is 4.51. The molecule has 0 saturated heterocycles. The largest absolute Gasteiger partial charge is 2.00 e. The summed E-state index contributed by atoms with van der Waals surface area (Å²) in [5.41, 5.74) is 0. The van der Waals surface area contributed by atoms with Crippen LogP contribution in [0.3, 0.4) is 0 Å². The molecule has 315 valence electrons. The molecule has 2 N–H and O–H groups in total. The van der Waals surface area contributed by atoms with Crippen molar-refractivity contribution in [2.24, 2.45) is 0 Å². The standard InChI is InChI=1S/2C21H41NO3S.Co/c2*1-3-4-5-6-7-8-9-10-11-12-13-14-15-16-20(23)22-19(21(24)25)17-18-26-2;/h2*19H,3-18H2,1-2H3,(H,22,23)(H,24,25);/q;;+2/p-2/t2*19-;/m00./s1. The predicted octanol–water partition coefficient (Wildman–Crippen LogP) is 8.91. The molecule has 11 heteroatoms. The number of carboxylic acid groups (broad SMARTS) is 2. The zero-order valence-corrected chi connectivity index (χ0v) is 37.1. The molecular weight excluding hydrogens is 752 g/mol. The average molecular weight is 832 g/mol. The van der Waals surface area contributed by atoms with Crippen LogP contribution in [0.1, 0.15) is 206 Å². The van der Waals surface area contributed by atoms with Crippen molar-refractivity contribution in [1.82, 2.24) is 10.6 Å². The number of unbranched alkanes of at least 4 members (excludes halogenated alkanes) is 24. The quantitative estimate of drug-likeness (QED) is 0.0589. The van der Waals surface area contributed by atoms with Crippen molar-refractivity contribution in [1.29, 1.82) is 0 Å². The number of hydrogen-bond acceptors (Lipinski definition) is 8. The first-order valence-electron chi connectivity index (χ1n) is 21.2. The normalized spacial score (nSPS) is 11.8. The monoisotopic (exact) mass is 831 g/mol. The Hall–Kier alpha value is -0.914. The van der Waals surface area contributed by atoms with Crippen LogP contribution in [0.5, 0.6) is 0 Å². The number of nitrogens with one attached hydrogen (secondary N) is 2. The fourth-order valence-corrected chi connectivity index (χ4v) is 7.05. The van der Waals surface area contributed by atoms with Crippen LogP contribution in [0.4, 0.5) is 0 Å². The van der Waals surface area contributed by atoms with E-state index in [1.165, 1.54) is 141 Å². The number of rotatable bonds is 38. The van der Waals surface area contributed by atoms with Gasteiger partial charge >= 0.3 is 16.8 Å². The molecular formula is C42H80CoN2O6S2. The first-order valence-corrected chi connectivity index (χ1v) is 24.0. The number of carboxylic acids is 2. The van der Waals surface area contributed by atoms with Crippen molar-refractivity contribution in [2.45, 2.75) is 219 Å². The van der Waals surface area contributed by atoms with Crippen LogP contribution in [0.2, 0.25) is 0 Å². The van der Waals surface area contributed by atoms with Crippen molar-refractivity contribution in [3.05, 3.63) is 0 Å². The van der Waals surface area contributed by atoms with Gasteiger partial charge in [-0.3, -0.25) is 9.59 Å². The van der Waals surface area contributed by atoms with Crippen LogP contribution >= 0.6 is 23.5 Å². The van der Waals surface area contributed by atoms with Gasteiger partial charge in [-0.25, -0.2) is 0 Å². The van der Waals surface area contributed by atoms with E-state index >= 15 is 0 Å². The van der Waals surface area contributed by atoms with Gasteiger partial charge in [-0.15, -0.1) is 0 Å². The van der Waals surface area contributed by atoms with Crippen LogP contribution in [0.25, 0.3) is 0 Å². The summed E-state index contributed by atoms with van der Waals surface area (Å²) in [7, 11) is 0. The Morgan fingerprint density at radius 1 is 0.434 bits per heavy atom. The second kappa shape index (κ2) is 45.5. The maximum Gasteiger partial charge on any atom is 2.00 e. The average Bonchev–Trinajstić information content (AvgIpc) is 3.12. The maximum atomic E-state index is 11.8. The van der Waals surface area contributed by atoms with Crippen molar-refractivity contribution in [3.63, 3.8) is 0 Å². The second-order valence-electron chi connectivity index (χ2n) is 14.4. The Morgan fingerprint density at radius 3 is 0.868 bits per heavy atom. The number of carbonyl (C=O) groups excluding carboxylic acids is 4. The van der Waals surface area contributed by atoms with E-state index in [1.807, 2.05) is 12.5 Å². The molecule has 0 unspecified atom stereocenters. The molecule has 0 aliphatic carbocycles. The van der Waals surface area contributed by atoms with E-state index in [1.54, 1.807) is 23.5 Å². The molecule has 0 aromatic rings. The summed E-state index contributed by atoms with van der Waals surface area (Å²) in [5, 5.41) is 27.1. The van der Waals surface area contributed by atoms with Gasteiger partial charge in [-0.05, 0) is 49.7 Å². The van der Waals surface area contributed by atoms with Gasteiger partial charge < -0.3 is 30.4 Å². The Labute approximate surface area is 345 Å². The SMILES string of the molecule is CCCCCCCCCCCCCCCC(=O)N[C@@H](CCSC)C(=O)[O-].CCCCCCCCCCCCCCCC(=O)N[C@@H](CCSC)C(=O)[O-].[Co+2]. The topological polar surface area (TPSA) is 138 Å². The maximum absolute atomic E-state index is 11.8. The minimum absolute atomic E-state index is 0. The fourth-order valence-electron chi connectivity index (χ4n) is 6.11. The van der Waals surface area contributed by atoms with E-state index in [2.05, 4.69) is 24.5 Å². The summed E-state index contributed by atoms with van der Waals surface area (Å²) in [4.78, 5) is 45.6. The fraction of sp³-hybridized carbons (Fsp3) is 0.905. The molecule has 0 heterocycles. The van der Waals surface area contributed by atoms with Crippen molar-refractivity contribution < 1.29 is 46.2 Å². The summed E-state index contributed by atoms with van der Waals surface area (Å²) in [5.74, 6) is -1.28. The van der Waals surface area contributed by atoms with E-state index in [0.29, 0.717) is 37.2 Å². The minimum atomic E-state index is -1.18. The summed E-state index contributed by atoms with van der Waals surface area (Å²) in [6, 6.07) is -1.70. The van der Waals surface area contributed by atoms with Crippen molar-refractivity contribution >= 4 is 47.3 Å². The molecule has 0 aliphatic heterocycles. The van der Waals surface area contributed by atoms with Gasteiger partial charge in [0.2, 0.25) is 11.8 Å². The van der Waals surface area contributed by atoms with Gasteiger partial charge in [0.05, 0.1) is 24.0 Å². The third-order valence-corrected chi connectivity index (χ3v) is 10.8. The minimum Gasteiger partial charge on any atom is -0.548 e. The zero-order chi connectivity index (χ0) is 38.9. The third kappa shape index (κ3) is 43.7. The van der Waals surface area contributed by atoms with Gasteiger partial charge in [-0.1, -0.05) is 168 Å². The van der Waals surface area contributed by atoms with Gasteiger partial charge in [0.15, 0.2) is 0 Å².